The summed E-state index contributed by atoms with van der Waals surface area (Å²) in [6.07, 6.45) is 2.88. The zero-order valence-corrected chi connectivity index (χ0v) is 15.7. The molecule has 3 aromatic rings. The van der Waals surface area contributed by atoms with E-state index >= 15 is 0 Å². The number of hydrogen-bond donors (Lipinski definition) is 0. The fourth-order valence-electron chi connectivity index (χ4n) is 3.67. The van der Waals surface area contributed by atoms with Crippen molar-refractivity contribution >= 4 is 5.91 Å². The van der Waals surface area contributed by atoms with E-state index in [1.807, 2.05) is 67.3 Å². The van der Waals surface area contributed by atoms with Crippen LogP contribution in [0.3, 0.4) is 0 Å². The summed E-state index contributed by atoms with van der Waals surface area (Å²) in [4.78, 5) is 19.7. The summed E-state index contributed by atoms with van der Waals surface area (Å²) in [5.74, 6) is 1.13. The van der Waals surface area contributed by atoms with Crippen molar-refractivity contribution in [1.29, 1.82) is 0 Å². The number of rotatable bonds is 3. The third-order valence-corrected chi connectivity index (χ3v) is 5.14. The Bertz CT molecular complexity index is 963. The first-order valence-corrected chi connectivity index (χ1v) is 9.41. The molecule has 0 saturated carbocycles. The first-order valence-electron chi connectivity index (χ1n) is 9.41. The van der Waals surface area contributed by atoms with Gasteiger partial charge in [-0.3, -0.25) is 4.79 Å². The van der Waals surface area contributed by atoms with Crippen LogP contribution in [0.1, 0.15) is 52.7 Å². The quantitative estimate of drug-likeness (QED) is 0.677. The third-order valence-electron chi connectivity index (χ3n) is 5.14. The smallest absolute Gasteiger partial charge is 0.254 e. The number of aryl methyl sites for hydroxylation is 2. The summed E-state index contributed by atoms with van der Waals surface area (Å²) in [5, 5.41) is 4.16. The molecule has 0 spiro atoms. The Morgan fingerprint density at radius 1 is 1.11 bits per heavy atom. The number of piperidine rings is 1. The van der Waals surface area contributed by atoms with Crippen LogP contribution in [0.5, 0.6) is 0 Å². The van der Waals surface area contributed by atoms with Crippen LogP contribution in [0.2, 0.25) is 0 Å². The predicted octanol–water partition coefficient (Wildman–Crippen LogP) is 4.72. The topological polar surface area (TPSA) is 59.2 Å². The van der Waals surface area contributed by atoms with Gasteiger partial charge in [0.1, 0.15) is 6.04 Å². The van der Waals surface area contributed by atoms with Gasteiger partial charge in [-0.05, 0) is 50.8 Å². The molecule has 0 N–H and O–H groups in total. The second-order valence-electron chi connectivity index (χ2n) is 7.15. The van der Waals surface area contributed by atoms with Crippen LogP contribution in [0.25, 0.3) is 11.4 Å². The summed E-state index contributed by atoms with van der Waals surface area (Å²) in [6, 6.07) is 15.6. The molecule has 1 unspecified atom stereocenters. The van der Waals surface area contributed by atoms with E-state index < -0.39 is 0 Å². The van der Waals surface area contributed by atoms with Crippen molar-refractivity contribution in [3.8, 4) is 11.4 Å². The maximum Gasteiger partial charge on any atom is 0.254 e. The van der Waals surface area contributed by atoms with Crippen LogP contribution in [-0.2, 0) is 0 Å². The second-order valence-corrected chi connectivity index (χ2v) is 7.15. The lowest BCUT2D eigenvalue weighted by molar-refractivity contribution is 0.0560. The predicted molar refractivity (Wildman–Crippen MR) is 103 cm³/mol. The van der Waals surface area contributed by atoms with Gasteiger partial charge in [0.2, 0.25) is 11.7 Å². The van der Waals surface area contributed by atoms with Gasteiger partial charge < -0.3 is 9.42 Å². The first-order chi connectivity index (χ1) is 13.1. The highest BCUT2D eigenvalue weighted by Crippen LogP contribution is 2.32. The lowest BCUT2D eigenvalue weighted by Crippen LogP contribution is -2.39. The lowest BCUT2D eigenvalue weighted by Gasteiger charge is -2.33. The van der Waals surface area contributed by atoms with E-state index in [1.165, 1.54) is 0 Å². The maximum absolute atomic E-state index is 13.2. The molecule has 1 amide bonds. The molecular weight excluding hydrogens is 338 g/mol. The van der Waals surface area contributed by atoms with Crippen molar-refractivity contribution in [2.45, 2.75) is 39.2 Å². The fourth-order valence-corrected chi connectivity index (χ4v) is 3.67. The van der Waals surface area contributed by atoms with Crippen LogP contribution in [0, 0.1) is 13.8 Å². The fraction of sp³-hybridized carbons (Fsp3) is 0.318. The van der Waals surface area contributed by atoms with Crippen molar-refractivity contribution < 1.29 is 9.32 Å². The maximum atomic E-state index is 13.2. The normalized spacial score (nSPS) is 17.1. The minimum atomic E-state index is -0.170. The van der Waals surface area contributed by atoms with E-state index in [2.05, 4.69) is 10.1 Å². The zero-order chi connectivity index (χ0) is 18.8. The van der Waals surface area contributed by atoms with Crippen molar-refractivity contribution in [3.63, 3.8) is 0 Å². The van der Waals surface area contributed by atoms with Gasteiger partial charge in [-0.1, -0.05) is 47.1 Å². The Hall–Kier alpha value is -2.95. The van der Waals surface area contributed by atoms with E-state index in [0.29, 0.717) is 18.3 Å². The van der Waals surface area contributed by atoms with Gasteiger partial charge in [0, 0.05) is 17.7 Å². The minimum absolute atomic E-state index is 0.0353. The number of nitrogens with zero attached hydrogens (tertiary/aromatic N) is 3. The molecule has 1 saturated heterocycles. The van der Waals surface area contributed by atoms with E-state index in [4.69, 9.17) is 4.52 Å². The monoisotopic (exact) mass is 361 g/mol. The number of likely N-dealkylation sites (tertiary alicyclic amines) is 1. The molecule has 1 atom stereocenters. The van der Waals surface area contributed by atoms with Gasteiger partial charge in [0.25, 0.3) is 5.91 Å². The molecule has 1 aliphatic heterocycles. The highest BCUT2D eigenvalue weighted by molar-refractivity contribution is 5.95. The number of hydrogen-bond acceptors (Lipinski definition) is 4. The molecular formula is C22H23N3O2. The number of amides is 1. The van der Waals surface area contributed by atoms with Gasteiger partial charge in [-0.15, -0.1) is 0 Å². The Morgan fingerprint density at radius 2 is 1.96 bits per heavy atom. The van der Waals surface area contributed by atoms with Crippen LogP contribution in [0.15, 0.2) is 53.1 Å². The van der Waals surface area contributed by atoms with Crippen LogP contribution in [0.4, 0.5) is 0 Å². The van der Waals surface area contributed by atoms with E-state index in [1.54, 1.807) is 0 Å². The van der Waals surface area contributed by atoms with E-state index in [9.17, 15) is 4.79 Å². The van der Waals surface area contributed by atoms with Crippen molar-refractivity contribution in [3.05, 3.63) is 71.1 Å². The average molecular weight is 361 g/mol. The molecule has 0 aliphatic carbocycles. The van der Waals surface area contributed by atoms with Crippen molar-refractivity contribution in [2.75, 3.05) is 6.54 Å². The molecule has 0 bridgehead atoms. The van der Waals surface area contributed by atoms with Crippen molar-refractivity contribution in [2.24, 2.45) is 0 Å². The lowest BCUT2D eigenvalue weighted by atomic mass is 9.99. The van der Waals surface area contributed by atoms with Gasteiger partial charge in [0.05, 0.1) is 0 Å². The second kappa shape index (κ2) is 7.35. The molecule has 0 radical (unpaired) electrons. The van der Waals surface area contributed by atoms with Crippen molar-refractivity contribution in [1.82, 2.24) is 15.0 Å². The minimum Gasteiger partial charge on any atom is -0.337 e. The van der Waals surface area contributed by atoms with Gasteiger partial charge >= 0.3 is 0 Å². The Balaban J connectivity index is 1.64. The highest BCUT2D eigenvalue weighted by atomic mass is 16.5. The number of carbonyl (C=O) groups is 1. The average Bonchev–Trinajstić information content (AvgIpc) is 3.18. The summed E-state index contributed by atoms with van der Waals surface area (Å²) < 4.78 is 5.59. The largest absolute Gasteiger partial charge is 0.337 e. The number of benzene rings is 2. The molecule has 5 nitrogen and oxygen atoms in total. The summed E-state index contributed by atoms with van der Waals surface area (Å²) in [5.41, 5.74) is 3.80. The van der Waals surface area contributed by atoms with Gasteiger partial charge in [-0.2, -0.15) is 4.98 Å². The molecule has 1 fully saturated rings. The summed E-state index contributed by atoms with van der Waals surface area (Å²) in [7, 11) is 0. The highest BCUT2D eigenvalue weighted by Gasteiger charge is 2.33. The summed E-state index contributed by atoms with van der Waals surface area (Å²) >= 11 is 0. The standard InChI is InChI=1S/C22H23N3O2/c1-15-8-7-10-17(14-15)20-23-21(27-24-20)19-12-5-6-13-25(19)22(26)18-11-4-3-9-16(18)2/h3-4,7-11,14,19H,5-6,12-13H2,1-2H3. The Morgan fingerprint density at radius 3 is 2.78 bits per heavy atom. The van der Waals surface area contributed by atoms with Crippen LogP contribution < -0.4 is 0 Å². The van der Waals surface area contributed by atoms with Gasteiger partial charge in [0.15, 0.2) is 0 Å². The van der Waals surface area contributed by atoms with Gasteiger partial charge in [-0.25, -0.2) is 0 Å². The summed E-state index contributed by atoms with van der Waals surface area (Å²) in [6.45, 7) is 4.71. The molecule has 2 heterocycles. The van der Waals surface area contributed by atoms with E-state index in [0.717, 1.165) is 41.5 Å². The van der Waals surface area contributed by atoms with Crippen LogP contribution >= 0.6 is 0 Å². The zero-order valence-electron chi connectivity index (χ0n) is 15.7. The first kappa shape index (κ1) is 17.5. The molecule has 1 aliphatic rings. The van der Waals surface area contributed by atoms with E-state index in [-0.39, 0.29) is 11.9 Å². The molecule has 138 valence electrons. The van der Waals surface area contributed by atoms with Crippen LogP contribution in [-0.4, -0.2) is 27.5 Å². The number of carbonyl (C=O) groups excluding carboxylic acids is 1. The molecule has 4 rings (SSSR count). The molecule has 5 heteroatoms. The molecule has 2 aromatic carbocycles. The number of aromatic nitrogens is 2. The Labute approximate surface area is 159 Å². The SMILES string of the molecule is Cc1cccc(-c2noc(C3CCCCN3C(=O)c3ccccc3C)n2)c1. The Kier molecular flexibility index (Phi) is 4.75. The third kappa shape index (κ3) is 3.50. The molecule has 27 heavy (non-hydrogen) atoms. The molecule has 1 aromatic heterocycles.